The molecule has 150 valence electrons. The smallest absolute Gasteiger partial charge is 0.289 e. The minimum Gasteiger partial charge on any atom is -0.424 e. The summed E-state index contributed by atoms with van der Waals surface area (Å²) in [6.07, 6.45) is 3.37. The Morgan fingerprint density at radius 3 is 2.50 bits per heavy atom. The van der Waals surface area contributed by atoms with Crippen LogP contribution in [-0.2, 0) is 16.6 Å². The summed E-state index contributed by atoms with van der Waals surface area (Å²) in [6.45, 7) is 1.94. The summed E-state index contributed by atoms with van der Waals surface area (Å²) in [4.78, 5) is 12.3. The van der Waals surface area contributed by atoms with Gasteiger partial charge in [-0.2, -0.15) is 4.31 Å². The summed E-state index contributed by atoms with van der Waals surface area (Å²) in [5, 5.41) is 19.4. The van der Waals surface area contributed by atoms with Gasteiger partial charge in [0.25, 0.3) is 5.69 Å². The molecule has 0 atom stereocenters. The lowest BCUT2D eigenvalue weighted by atomic mass is 9.85. The number of nitro groups is 1. The predicted molar refractivity (Wildman–Crippen MR) is 98.0 cm³/mol. The number of nitrogens with zero attached hydrogens (tertiary/aromatic N) is 5. The van der Waals surface area contributed by atoms with Gasteiger partial charge in [-0.15, -0.1) is 10.2 Å². The van der Waals surface area contributed by atoms with Crippen molar-refractivity contribution in [1.29, 1.82) is 0 Å². The summed E-state index contributed by atoms with van der Waals surface area (Å²) in [7, 11) is -3.92. The van der Waals surface area contributed by atoms with Gasteiger partial charge < -0.3 is 4.42 Å². The van der Waals surface area contributed by atoms with Gasteiger partial charge in [0.2, 0.25) is 21.8 Å². The summed E-state index contributed by atoms with van der Waals surface area (Å²) >= 11 is 0. The van der Waals surface area contributed by atoms with Gasteiger partial charge in [0.1, 0.15) is 0 Å². The number of piperazine rings is 1. The fraction of sp³-hybridized carbons (Fsp3) is 0.529. The van der Waals surface area contributed by atoms with Gasteiger partial charge in [0, 0.05) is 38.2 Å². The number of para-hydroxylation sites is 1. The highest BCUT2D eigenvalue weighted by Crippen LogP contribution is 2.35. The lowest BCUT2D eigenvalue weighted by Gasteiger charge is -2.33. The average Bonchev–Trinajstić information content (AvgIpc) is 3.08. The molecular weight excluding hydrogens is 386 g/mol. The zero-order valence-electron chi connectivity index (χ0n) is 15.2. The maximum absolute atomic E-state index is 12.9. The van der Waals surface area contributed by atoms with Crippen molar-refractivity contribution in [3.05, 3.63) is 46.2 Å². The van der Waals surface area contributed by atoms with Crippen molar-refractivity contribution >= 4 is 15.7 Å². The standard InChI is InChI=1S/C17H21N5O5S/c23-22(24)14-6-1-2-7-15(14)28(25,26)21-10-8-20(9-11-21)12-16-18-19-17(27-16)13-4-3-5-13/h1-2,6-7,13H,3-5,8-12H2. The molecule has 0 unspecified atom stereocenters. The quantitative estimate of drug-likeness (QED) is 0.524. The Balaban J connectivity index is 1.39. The van der Waals surface area contributed by atoms with E-state index in [0.29, 0.717) is 37.3 Å². The number of rotatable bonds is 6. The van der Waals surface area contributed by atoms with Crippen LogP contribution < -0.4 is 0 Å². The average molecular weight is 407 g/mol. The van der Waals surface area contributed by atoms with E-state index < -0.39 is 20.6 Å². The molecule has 2 aromatic rings. The van der Waals surface area contributed by atoms with Crippen molar-refractivity contribution in [3.63, 3.8) is 0 Å². The van der Waals surface area contributed by atoms with E-state index in [9.17, 15) is 18.5 Å². The maximum Gasteiger partial charge on any atom is 0.289 e. The van der Waals surface area contributed by atoms with Crippen molar-refractivity contribution in [2.45, 2.75) is 36.6 Å². The Hall–Kier alpha value is -2.37. The van der Waals surface area contributed by atoms with Gasteiger partial charge in [-0.05, 0) is 18.9 Å². The van der Waals surface area contributed by atoms with Crippen LogP contribution >= 0.6 is 0 Å². The molecule has 10 nitrogen and oxygen atoms in total. The third kappa shape index (κ3) is 3.64. The van der Waals surface area contributed by atoms with E-state index >= 15 is 0 Å². The number of sulfonamides is 1. The number of nitro benzene ring substituents is 1. The second-order valence-electron chi connectivity index (χ2n) is 7.07. The summed E-state index contributed by atoms with van der Waals surface area (Å²) in [5.41, 5.74) is -0.403. The highest BCUT2D eigenvalue weighted by Gasteiger charge is 2.34. The summed E-state index contributed by atoms with van der Waals surface area (Å²) in [6, 6.07) is 5.43. The Morgan fingerprint density at radius 1 is 1.14 bits per heavy atom. The van der Waals surface area contributed by atoms with Crippen LogP contribution in [0.1, 0.15) is 37.0 Å². The Bertz CT molecular complexity index is 964. The van der Waals surface area contributed by atoms with Crippen LogP contribution in [0.2, 0.25) is 0 Å². The van der Waals surface area contributed by atoms with E-state index in [2.05, 4.69) is 10.2 Å². The molecule has 1 saturated heterocycles. The van der Waals surface area contributed by atoms with E-state index in [-0.39, 0.29) is 18.0 Å². The van der Waals surface area contributed by atoms with Crippen molar-refractivity contribution < 1.29 is 17.8 Å². The molecule has 0 N–H and O–H groups in total. The largest absolute Gasteiger partial charge is 0.424 e. The Labute approximate surface area is 162 Å². The van der Waals surface area contributed by atoms with Gasteiger partial charge >= 0.3 is 0 Å². The number of hydrogen-bond acceptors (Lipinski definition) is 8. The summed E-state index contributed by atoms with van der Waals surface area (Å²) in [5.74, 6) is 1.61. The number of hydrogen-bond donors (Lipinski definition) is 0. The molecule has 0 amide bonds. The predicted octanol–water partition coefficient (Wildman–Crippen LogP) is 1.75. The minimum absolute atomic E-state index is 0.248. The van der Waals surface area contributed by atoms with Crippen LogP contribution in [0.25, 0.3) is 0 Å². The van der Waals surface area contributed by atoms with Crippen molar-refractivity contribution in [3.8, 4) is 0 Å². The molecule has 28 heavy (non-hydrogen) atoms. The third-order valence-electron chi connectivity index (χ3n) is 5.31. The summed E-state index contributed by atoms with van der Waals surface area (Å²) < 4.78 is 32.7. The molecule has 4 rings (SSSR count). The lowest BCUT2D eigenvalue weighted by Crippen LogP contribution is -2.48. The highest BCUT2D eigenvalue weighted by molar-refractivity contribution is 7.89. The first-order chi connectivity index (χ1) is 13.4. The van der Waals surface area contributed by atoms with Crippen LogP contribution in [0.5, 0.6) is 0 Å². The van der Waals surface area contributed by atoms with Crippen LogP contribution in [0.3, 0.4) is 0 Å². The van der Waals surface area contributed by atoms with Gasteiger partial charge in [-0.3, -0.25) is 15.0 Å². The van der Waals surface area contributed by atoms with E-state index in [1.165, 1.54) is 35.0 Å². The van der Waals surface area contributed by atoms with E-state index in [1.54, 1.807) is 0 Å². The molecule has 1 aromatic carbocycles. The Kier molecular flexibility index (Phi) is 5.13. The third-order valence-corrected chi connectivity index (χ3v) is 7.25. The monoisotopic (exact) mass is 407 g/mol. The molecule has 2 aliphatic rings. The molecule has 11 heteroatoms. The topological polar surface area (TPSA) is 123 Å². The van der Waals surface area contributed by atoms with Crippen molar-refractivity contribution in [2.24, 2.45) is 0 Å². The molecule has 0 radical (unpaired) electrons. The molecular formula is C17H21N5O5S. The molecule has 0 bridgehead atoms. The van der Waals surface area contributed by atoms with Crippen LogP contribution in [-0.4, -0.2) is 58.9 Å². The van der Waals surface area contributed by atoms with Gasteiger partial charge in [0.15, 0.2) is 4.90 Å². The van der Waals surface area contributed by atoms with Crippen molar-refractivity contribution in [2.75, 3.05) is 26.2 Å². The maximum atomic E-state index is 12.9. The molecule has 1 aliphatic carbocycles. The Morgan fingerprint density at radius 2 is 1.86 bits per heavy atom. The molecule has 1 saturated carbocycles. The minimum atomic E-state index is -3.92. The van der Waals surface area contributed by atoms with E-state index in [1.807, 2.05) is 4.90 Å². The molecule has 1 aliphatic heterocycles. The first-order valence-corrected chi connectivity index (χ1v) is 10.7. The first kappa shape index (κ1) is 19.0. The SMILES string of the molecule is O=[N+]([O-])c1ccccc1S(=O)(=O)N1CCN(Cc2nnc(C3CCC3)o2)CC1. The lowest BCUT2D eigenvalue weighted by molar-refractivity contribution is -0.387. The van der Waals surface area contributed by atoms with Crippen molar-refractivity contribution in [1.82, 2.24) is 19.4 Å². The zero-order valence-corrected chi connectivity index (χ0v) is 16.0. The van der Waals surface area contributed by atoms with Crippen LogP contribution in [0, 0.1) is 10.1 Å². The second-order valence-corrected chi connectivity index (χ2v) is 8.97. The second kappa shape index (κ2) is 7.57. The number of benzene rings is 1. The zero-order chi connectivity index (χ0) is 19.7. The fourth-order valence-electron chi connectivity index (χ4n) is 3.44. The van der Waals surface area contributed by atoms with Crippen LogP contribution in [0.15, 0.2) is 33.6 Å². The molecule has 0 spiro atoms. The van der Waals surface area contributed by atoms with Gasteiger partial charge in [-0.25, -0.2) is 8.42 Å². The molecule has 1 aromatic heterocycles. The van der Waals surface area contributed by atoms with Gasteiger partial charge in [0.05, 0.1) is 11.5 Å². The normalized spacial score (nSPS) is 19.4. The first-order valence-electron chi connectivity index (χ1n) is 9.23. The number of aromatic nitrogens is 2. The van der Waals surface area contributed by atoms with Crippen LogP contribution in [0.4, 0.5) is 5.69 Å². The highest BCUT2D eigenvalue weighted by atomic mass is 32.2. The fourth-order valence-corrected chi connectivity index (χ4v) is 5.01. The van der Waals surface area contributed by atoms with E-state index in [0.717, 1.165) is 12.8 Å². The van der Waals surface area contributed by atoms with Gasteiger partial charge in [-0.1, -0.05) is 18.6 Å². The molecule has 2 fully saturated rings. The van der Waals surface area contributed by atoms with E-state index in [4.69, 9.17) is 4.42 Å². The molecule has 2 heterocycles.